The first-order valence-electron chi connectivity index (χ1n) is 6.65. The molecular weight excluding hydrogens is 254 g/mol. The number of nitrogens with two attached hydrogens (primary N) is 1. The van der Waals surface area contributed by atoms with Crippen LogP contribution in [-0.4, -0.2) is 16.6 Å². The second-order valence-corrected chi connectivity index (χ2v) is 4.83. The van der Waals surface area contributed by atoms with Gasteiger partial charge in [-0.05, 0) is 25.0 Å². The van der Waals surface area contributed by atoms with Crippen LogP contribution in [-0.2, 0) is 0 Å². The predicted molar refractivity (Wildman–Crippen MR) is 80.0 cm³/mol. The van der Waals surface area contributed by atoms with Gasteiger partial charge in [-0.25, -0.2) is 4.98 Å². The van der Waals surface area contributed by atoms with E-state index >= 15 is 0 Å². The van der Waals surface area contributed by atoms with Gasteiger partial charge in [0, 0.05) is 5.56 Å². The Morgan fingerprint density at radius 2 is 2.15 bits per heavy atom. The molecule has 2 rings (SSSR count). The number of hydrogen-bond donors (Lipinski definition) is 2. The quantitative estimate of drug-likeness (QED) is 0.897. The molecule has 1 heterocycles. The summed E-state index contributed by atoms with van der Waals surface area (Å²) in [5.74, 6) is 1.51. The minimum absolute atomic E-state index is 0.0371. The van der Waals surface area contributed by atoms with Gasteiger partial charge in [0.1, 0.15) is 17.4 Å². The van der Waals surface area contributed by atoms with E-state index in [-0.39, 0.29) is 17.3 Å². The van der Waals surface area contributed by atoms with Crippen LogP contribution in [0.5, 0.6) is 5.75 Å². The van der Waals surface area contributed by atoms with E-state index in [0.717, 1.165) is 11.3 Å². The van der Waals surface area contributed by atoms with Crippen LogP contribution in [0.15, 0.2) is 29.1 Å². The summed E-state index contributed by atoms with van der Waals surface area (Å²) in [4.78, 5) is 19.2. The summed E-state index contributed by atoms with van der Waals surface area (Å²) in [5.41, 5.74) is 7.00. The lowest BCUT2D eigenvalue weighted by Gasteiger charge is -2.10. The van der Waals surface area contributed by atoms with Crippen LogP contribution >= 0.6 is 0 Å². The van der Waals surface area contributed by atoms with E-state index in [1.54, 1.807) is 0 Å². The van der Waals surface area contributed by atoms with Gasteiger partial charge in [-0.15, -0.1) is 0 Å². The van der Waals surface area contributed by atoms with Crippen molar-refractivity contribution in [1.82, 2.24) is 9.97 Å². The largest absolute Gasteiger partial charge is 0.494 e. The van der Waals surface area contributed by atoms with E-state index in [9.17, 15) is 4.79 Å². The summed E-state index contributed by atoms with van der Waals surface area (Å²) < 4.78 is 5.44. The zero-order chi connectivity index (χ0) is 14.7. The SMILES string of the molecule is CCOc1cccc(-c2nc(N)c(C(C)C)c(=O)[nH]2)c1. The highest BCUT2D eigenvalue weighted by Crippen LogP contribution is 2.23. The first-order valence-corrected chi connectivity index (χ1v) is 6.65. The van der Waals surface area contributed by atoms with Gasteiger partial charge in [0.05, 0.1) is 12.2 Å². The minimum Gasteiger partial charge on any atom is -0.494 e. The molecule has 1 aromatic heterocycles. The molecule has 5 nitrogen and oxygen atoms in total. The number of aromatic nitrogens is 2. The van der Waals surface area contributed by atoms with Crippen LogP contribution in [0.25, 0.3) is 11.4 Å². The number of nitrogens with one attached hydrogen (secondary N) is 1. The van der Waals surface area contributed by atoms with Crippen LogP contribution in [0.3, 0.4) is 0 Å². The van der Waals surface area contributed by atoms with Crippen molar-refractivity contribution in [2.24, 2.45) is 0 Å². The number of anilines is 1. The molecule has 20 heavy (non-hydrogen) atoms. The van der Waals surface area contributed by atoms with Gasteiger partial charge in [-0.1, -0.05) is 26.0 Å². The van der Waals surface area contributed by atoms with E-state index in [1.807, 2.05) is 45.0 Å². The molecule has 0 saturated carbocycles. The molecule has 2 aromatic rings. The van der Waals surface area contributed by atoms with Crippen LogP contribution < -0.4 is 16.0 Å². The molecule has 0 atom stereocenters. The third-order valence-electron chi connectivity index (χ3n) is 2.98. The molecule has 106 valence electrons. The Labute approximate surface area is 117 Å². The molecule has 0 fully saturated rings. The zero-order valence-corrected chi connectivity index (χ0v) is 11.9. The van der Waals surface area contributed by atoms with Crippen molar-refractivity contribution in [3.8, 4) is 17.1 Å². The minimum atomic E-state index is -0.190. The Kier molecular flexibility index (Phi) is 4.08. The highest BCUT2D eigenvalue weighted by atomic mass is 16.5. The Bertz CT molecular complexity index is 662. The molecule has 0 unspecified atom stereocenters. The van der Waals surface area contributed by atoms with Crippen molar-refractivity contribution < 1.29 is 4.74 Å². The second kappa shape index (κ2) is 5.77. The highest BCUT2D eigenvalue weighted by Gasteiger charge is 2.13. The third-order valence-corrected chi connectivity index (χ3v) is 2.98. The first-order chi connectivity index (χ1) is 9.52. The monoisotopic (exact) mass is 273 g/mol. The van der Waals surface area contributed by atoms with E-state index in [4.69, 9.17) is 10.5 Å². The van der Waals surface area contributed by atoms with Crippen molar-refractivity contribution in [3.63, 3.8) is 0 Å². The molecule has 3 N–H and O–H groups in total. The fourth-order valence-electron chi connectivity index (χ4n) is 2.09. The predicted octanol–water partition coefficient (Wildman–Crippen LogP) is 2.54. The van der Waals surface area contributed by atoms with Crippen molar-refractivity contribution in [2.45, 2.75) is 26.7 Å². The lowest BCUT2D eigenvalue weighted by Crippen LogP contribution is -2.19. The molecule has 0 radical (unpaired) electrons. The molecule has 5 heteroatoms. The highest BCUT2D eigenvalue weighted by molar-refractivity contribution is 5.59. The van der Waals surface area contributed by atoms with Gasteiger partial charge in [-0.3, -0.25) is 4.79 Å². The smallest absolute Gasteiger partial charge is 0.256 e. The Hall–Kier alpha value is -2.30. The van der Waals surface area contributed by atoms with Gasteiger partial charge < -0.3 is 15.5 Å². The molecule has 0 spiro atoms. The van der Waals surface area contributed by atoms with Gasteiger partial charge in [0.2, 0.25) is 0 Å². The number of rotatable bonds is 4. The maximum absolute atomic E-state index is 12.1. The van der Waals surface area contributed by atoms with Crippen molar-refractivity contribution >= 4 is 5.82 Å². The van der Waals surface area contributed by atoms with Crippen LogP contribution in [0.2, 0.25) is 0 Å². The van der Waals surface area contributed by atoms with E-state index < -0.39 is 0 Å². The van der Waals surface area contributed by atoms with Crippen LogP contribution in [0.4, 0.5) is 5.82 Å². The Morgan fingerprint density at radius 1 is 1.40 bits per heavy atom. The van der Waals surface area contributed by atoms with Crippen molar-refractivity contribution in [1.29, 1.82) is 0 Å². The number of aromatic amines is 1. The summed E-state index contributed by atoms with van der Waals surface area (Å²) in [7, 11) is 0. The summed E-state index contributed by atoms with van der Waals surface area (Å²) in [6, 6.07) is 7.40. The number of nitrogen functional groups attached to an aromatic ring is 1. The number of ether oxygens (including phenoxy) is 1. The lowest BCUT2D eigenvalue weighted by atomic mass is 10.1. The average molecular weight is 273 g/mol. The Balaban J connectivity index is 2.49. The van der Waals surface area contributed by atoms with E-state index in [0.29, 0.717) is 18.0 Å². The van der Waals surface area contributed by atoms with Crippen LogP contribution in [0, 0.1) is 0 Å². The zero-order valence-electron chi connectivity index (χ0n) is 11.9. The van der Waals surface area contributed by atoms with Gasteiger partial charge >= 0.3 is 0 Å². The number of hydrogen-bond acceptors (Lipinski definition) is 4. The second-order valence-electron chi connectivity index (χ2n) is 4.83. The fourth-order valence-corrected chi connectivity index (χ4v) is 2.09. The maximum atomic E-state index is 12.1. The van der Waals surface area contributed by atoms with Gasteiger partial charge in [0.25, 0.3) is 5.56 Å². The summed E-state index contributed by atoms with van der Waals surface area (Å²) in [5, 5.41) is 0. The molecule has 0 bridgehead atoms. The number of nitrogens with zero attached hydrogens (tertiary/aromatic N) is 1. The fraction of sp³-hybridized carbons (Fsp3) is 0.333. The van der Waals surface area contributed by atoms with Crippen LogP contribution in [0.1, 0.15) is 32.3 Å². The molecule has 0 aliphatic heterocycles. The molecular formula is C15H19N3O2. The van der Waals surface area contributed by atoms with Gasteiger partial charge in [0.15, 0.2) is 0 Å². The van der Waals surface area contributed by atoms with E-state index in [2.05, 4.69) is 9.97 Å². The first kappa shape index (κ1) is 14.1. The summed E-state index contributed by atoms with van der Waals surface area (Å²) in [6.07, 6.45) is 0. The van der Waals surface area contributed by atoms with E-state index in [1.165, 1.54) is 0 Å². The molecule has 0 saturated heterocycles. The molecule has 0 aliphatic carbocycles. The summed E-state index contributed by atoms with van der Waals surface area (Å²) >= 11 is 0. The van der Waals surface area contributed by atoms with Crippen molar-refractivity contribution in [3.05, 3.63) is 40.2 Å². The third kappa shape index (κ3) is 2.82. The average Bonchev–Trinajstić information content (AvgIpc) is 2.38. The van der Waals surface area contributed by atoms with Gasteiger partial charge in [-0.2, -0.15) is 0 Å². The normalized spacial score (nSPS) is 10.8. The van der Waals surface area contributed by atoms with Crippen molar-refractivity contribution in [2.75, 3.05) is 12.3 Å². The topological polar surface area (TPSA) is 81.0 Å². The summed E-state index contributed by atoms with van der Waals surface area (Å²) in [6.45, 7) is 6.33. The lowest BCUT2D eigenvalue weighted by molar-refractivity contribution is 0.340. The molecule has 1 aromatic carbocycles. The standard InChI is InChI=1S/C15H19N3O2/c1-4-20-11-7-5-6-10(8-11)14-17-13(16)12(9(2)3)15(19)18-14/h5-9H,4H2,1-3H3,(H3,16,17,18,19). The molecule has 0 aliphatic rings. The molecule has 0 amide bonds. The Morgan fingerprint density at radius 3 is 2.75 bits per heavy atom. The maximum Gasteiger partial charge on any atom is 0.256 e. The number of H-pyrrole nitrogens is 1. The number of benzene rings is 1.